The van der Waals surface area contributed by atoms with E-state index < -0.39 is 10.8 Å². The standard InChI is InChI=1S/C18H15ClN4O3/c1-22-12(9-17(20)24)10-21-18(13-4-2-3-5-15(13)19)14-8-11(23(25)26)6-7-16(14)22/h2-9H,10H2,1H3,(H2,20,24). The number of nitrogens with zero attached hydrogens (tertiary/aromatic N) is 3. The van der Waals surface area contributed by atoms with Gasteiger partial charge < -0.3 is 10.6 Å². The van der Waals surface area contributed by atoms with Gasteiger partial charge in [0, 0.05) is 47.1 Å². The Morgan fingerprint density at radius 1 is 1.31 bits per heavy atom. The van der Waals surface area contributed by atoms with Crippen LogP contribution in [-0.4, -0.2) is 30.1 Å². The van der Waals surface area contributed by atoms with Crippen molar-refractivity contribution < 1.29 is 9.72 Å². The third kappa shape index (κ3) is 3.29. The smallest absolute Gasteiger partial charge is 0.270 e. The average Bonchev–Trinajstić information content (AvgIpc) is 2.73. The highest BCUT2D eigenvalue weighted by Gasteiger charge is 2.24. The van der Waals surface area contributed by atoms with Crippen molar-refractivity contribution in [1.82, 2.24) is 0 Å². The van der Waals surface area contributed by atoms with Gasteiger partial charge in [-0.3, -0.25) is 19.9 Å². The summed E-state index contributed by atoms with van der Waals surface area (Å²) in [4.78, 5) is 28.4. The quantitative estimate of drug-likeness (QED) is 0.509. The second-order valence-corrected chi connectivity index (χ2v) is 6.11. The molecule has 0 saturated carbocycles. The number of nitrogens with two attached hydrogens (primary N) is 1. The summed E-state index contributed by atoms with van der Waals surface area (Å²) in [6.45, 7) is 0.183. The molecule has 0 atom stereocenters. The van der Waals surface area contributed by atoms with Gasteiger partial charge in [-0.1, -0.05) is 29.8 Å². The van der Waals surface area contributed by atoms with Crippen molar-refractivity contribution in [2.24, 2.45) is 10.7 Å². The maximum atomic E-state index is 11.3. The van der Waals surface area contributed by atoms with E-state index in [1.54, 1.807) is 36.2 Å². The van der Waals surface area contributed by atoms with E-state index in [1.807, 2.05) is 6.07 Å². The van der Waals surface area contributed by atoms with Gasteiger partial charge in [0.1, 0.15) is 0 Å². The van der Waals surface area contributed by atoms with Gasteiger partial charge in [0.2, 0.25) is 5.91 Å². The second kappa shape index (κ2) is 6.97. The first kappa shape index (κ1) is 17.6. The number of nitro benzene ring substituents is 1. The fourth-order valence-corrected chi connectivity index (χ4v) is 3.04. The van der Waals surface area contributed by atoms with Crippen molar-refractivity contribution >= 4 is 34.6 Å². The topological polar surface area (TPSA) is 102 Å². The number of carbonyl (C=O) groups excluding carboxylic acids is 1. The number of hydrogen-bond donors (Lipinski definition) is 1. The van der Waals surface area contributed by atoms with Gasteiger partial charge in [0.05, 0.1) is 22.9 Å². The highest BCUT2D eigenvalue weighted by atomic mass is 35.5. The van der Waals surface area contributed by atoms with E-state index in [0.29, 0.717) is 33.2 Å². The van der Waals surface area contributed by atoms with Crippen LogP contribution < -0.4 is 10.6 Å². The van der Waals surface area contributed by atoms with Crippen molar-refractivity contribution in [3.63, 3.8) is 0 Å². The Labute approximate surface area is 154 Å². The zero-order chi connectivity index (χ0) is 18.8. The first-order valence-corrected chi connectivity index (χ1v) is 8.08. The summed E-state index contributed by atoms with van der Waals surface area (Å²) in [7, 11) is 1.75. The van der Waals surface area contributed by atoms with Gasteiger partial charge in [-0.15, -0.1) is 0 Å². The first-order valence-electron chi connectivity index (χ1n) is 7.70. The molecule has 1 amide bonds. The lowest BCUT2D eigenvalue weighted by Gasteiger charge is -2.21. The van der Waals surface area contributed by atoms with Crippen LogP contribution in [0.3, 0.4) is 0 Å². The molecule has 8 heteroatoms. The second-order valence-electron chi connectivity index (χ2n) is 5.70. The van der Waals surface area contributed by atoms with E-state index in [4.69, 9.17) is 17.3 Å². The predicted molar refractivity (Wildman–Crippen MR) is 101 cm³/mol. The number of hydrogen-bond acceptors (Lipinski definition) is 5. The first-order chi connectivity index (χ1) is 12.4. The fourth-order valence-electron chi connectivity index (χ4n) is 2.82. The number of likely N-dealkylation sites (N-methyl/N-ethyl adjacent to an activating group) is 1. The molecule has 0 spiro atoms. The van der Waals surface area contributed by atoms with Gasteiger partial charge in [0.15, 0.2) is 0 Å². The minimum absolute atomic E-state index is 0.0563. The number of carbonyl (C=O) groups is 1. The Balaban J connectivity index is 2.28. The van der Waals surface area contributed by atoms with Crippen LogP contribution >= 0.6 is 11.6 Å². The number of benzene rings is 2. The molecule has 0 unspecified atom stereocenters. The maximum Gasteiger partial charge on any atom is 0.270 e. The summed E-state index contributed by atoms with van der Waals surface area (Å²) in [6, 6.07) is 11.6. The van der Waals surface area contributed by atoms with Crippen LogP contribution in [0.1, 0.15) is 11.1 Å². The van der Waals surface area contributed by atoms with E-state index in [0.717, 1.165) is 0 Å². The minimum atomic E-state index is -0.591. The number of aliphatic imine (C=N–C) groups is 1. The lowest BCUT2D eigenvalue weighted by atomic mass is 9.99. The monoisotopic (exact) mass is 370 g/mol. The zero-order valence-corrected chi connectivity index (χ0v) is 14.6. The van der Waals surface area contributed by atoms with Crippen LogP contribution in [0.5, 0.6) is 0 Å². The molecule has 1 heterocycles. The summed E-state index contributed by atoms with van der Waals surface area (Å²) in [5.41, 5.74) is 8.21. The van der Waals surface area contributed by atoms with E-state index in [1.165, 1.54) is 18.2 Å². The van der Waals surface area contributed by atoms with E-state index >= 15 is 0 Å². The average molecular weight is 371 g/mol. The molecular formula is C18H15ClN4O3. The number of halogens is 1. The molecule has 0 radical (unpaired) electrons. The van der Waals surface area contributed by atoms with Crippen LogP contribution in [0.15, 0.2) is 59.2 Å². The molecule has 0 fully saturated rings. The van der Waals surface area contributed by atoms with Crippen molar-refractivity contribution in [3.05, 3.63) is 80.5 Å². The van der Waals surface area contributed by atoms with Gasteiger partial charge in [-0.25, -0.2) is 0 Å². The molecule has 0 saturated heterocycles. The van der Waals surface area contributed by atoms with Gasteiger partial charge in [-0.2, -0.15) is 0 Å². The van der Waals surface area contributed by atoms with Crippen LogP contribution in [0, 0.1) is 10.1 Å². The lowest BCUT2D eigenvalue weighted by Crippen LogP contribution is -2.21. The fraction of sp³-hybridized carbons (Fsp3) is 0.111. The zero-order valence-electron chi connectivity index (χ0n) is 13.8. The van der Waals surface area contributed by atoms with E-state index in [2.05, 4.69) is 4.99 Å². The van der Waals surface area contributed by atoms with E-state index in [-0.39, 0.29) is 12.2 Å². The van der Waals surface area contributed by atoms with Gasteiger partial charge >= 0.3 is 0 Å². The molecule has 0 bridgehead atoms. The molecule has 1 aliphatic rings. The number of rotatable bonds is 3. The van der Waals surface area contributed by atoms with Crippen LogP contribution in [-0.2, 0) is 4.79 Å². The van der Waals surface area contributed by atoms with Crippen molar-refractivity contribution in [1.29, 1.82) is 0 Å². The Bertz CT molecular complexity index is 969. The van der Waals surface area contributed by atoms with Crippen molar-refractivity contribution in [2.75, 3.05) is 18.5 Å². The normalized spacial score (nSPS) is 15.2. The number of anilines is 1. The number of primary amides is 1. The molecule has 2 aromatic carbocycles. The maximum absolute atomic E-state index is 11.3. The van der Waals surface area contributed by atoms with Crippen LogP contribution in [0.25, 0.3) is 0 Å². The lowest BCUT2D eigenvalue weighted by molar-refractivity contribution is -0.384. The molecule has 1 aliphatic heterocycles. The summed E-state index contributed by atoms with van der Waals surface area (Å²) in [5.74, 6) is -0.591. The van der Waals surface area contributed by atoms with Crippen LogP contribution in [0.2, 0.25) is 5.02 Å². The van der Waals surface area contributed by atoms with Crippen LogP contribution in [0.4, 0.5) is 11.4 Å². The summed E-state index contributed by atoms with van der Waals surface area (Å²) in [5, 5.41) is 11.7. The summed E-state index contributed by atoms with van der Waals surface area (Å²) >= 11 is 6.32. The molecule has 7 nitrogen and oxygen atoms in total. The molecule has 132 valence electrons. The molecule has 0 aromatic heterocycles. The largest absolute Gasteiger partial charge is 0.366 e. The number of benzodiazepines with no additional fused rings is 1. The molecule has 2 N–H and O–H groups in total. The Morgan fingerprint density at radius 3 is 2.69 bits per heavy atom. The highest BCUT2D eigenvalue weighted by molar-refractivity contribution is 6.36. The molecule has 2 aromatic rings. The molecule has 26 heavy (non-hydrogen) atoms. The summed E-state index contributed by atoms with van der Waals surface area (Å²) < 4.78 is 0. The number of amides is 1. The Hall–Kier alpha value is -3.19. The minimum Gasteiger partial charge on any atom is -0.366 e. The highest BCUT2D eigenvalue weighted by Crippen LogP contribution is 2.33. The van der Waals surface area contributed by atoms with Gasteiger partial charge in [-0.05, 0) is 12.1 Å². The number of non-ortho nitro benzene ring substituents is 1. The van der Waals surface area contributed by atoms with Gasteiger partial charge in [0.25, 0.3) is 5.69 Å². The molecule has 3 rings (SSSR count). The Morgan fingerprint density at radius 2 is 2.04 bits per heavy atom. The van der Waals surface area contributed by atoms with Crippen molar-refractivity contribution in [3.8, 4) is 0 Å². The third-order valence-electron chi connectivity index (χ3n) is 4.08. The number of nitro groups is 1. The molecular weight excluding hydrogens is 356 g/mol. The Kier molecular flexibility index (Phi) is 4.73. The third-order valence-corrected chi connectivity index (χ3v) is 4.40. The molecule has 0 aliphatic carbocycles. The SMILES string of the molecule is CN1C(=CC(N)=O)CN=C(c2ccccc2Cl)c2cc([N+](=O)[O-])ccc21. The summed E-state index contributed by atoms with van der Waals surface area (Å²) in [6.07, 6.45) is 1.30. The predicted octanol–water partition coefficient (Wildman–Crippen LogP) is 2.90. The number of fused-ring (bicyclic) bond motifs is 1. The van der Waals surface area contributed by atoms with E-state index in [9.17, 15) is 14.9 Å². The van der Waals surface area contributed by atoms with Crippen molar-refractivity contribution in [2.45, 2.75) is 0 Å².